The Morgan fingerprint density at radius 1 is 0.741 bits per heavy atom. The van der Waals surface area contributed by atoms with Crippen molar-refractivity contribution in [1.82, 2.24) is 0 Å². The molecular weight excluding hydrogens is 407 g/mol. The second-order valence-corrected chi connectivity index (χ2v) is 6.81. The maximum Gasteiger partial charge on any atom is 0 e. The van der Waals surface area contributed by atoms with Gasteiger partial charge in [0, 0.05) is 21.7 Å². The summed E-state index contributed by atoms with van der Waals surface area (Å²) in [4.78, 5) is 0. The van der Waals surface area contributed by atoms with Gasteiger partial charge in [-0.1, -0.05) is 83.8 Å². The molecule has 0 unspecified atom stereocenters. The minimum Gasteiger partial charge on any atom is -0.167 e. The van der Waals surface area contributed by atoms with Gasteiger partial charge in [-0.15, -0.1) is 42.4 Å². The summed E-state index contributed by atoms with van der Waals surface area (Å²) in [6, 6.07) is 17.4. The fourth-order valence-corrected chi connectivity index (χ4v) is 3.97. The molecule has 0 fully saturated rings. The minimum absolute atomic E-state index is 0. The van der Waals surface area contributed by atoms with Gasteiger partial charge in [-0.05, 0) is 29.5 Å². The molecule has 27 heavy (non-hydrogen) atoms. The minimum atomic E-state index is 0. The van der Waals surface area contributed by atoms with Crippen LogP contribution in [-0.4, -0.2) is 0 Å². The van der Waals surface area contributed by atoms with Crippen LogP contribution in [0.1, 0.15) is 28.7 Å². The SMILES string of the molecule is C1=C[C-](C2=Cc3ccccc3C2)CC=C1C1=Cc2ccccc2C1.Cl.Cl.[Ti]. The Hall–Kier alpha value is -1.44. The van der Waals surface area contributed by atoms with Crippen LogP contribution in [0.2, 0.25) is 0 Å². The third kappa shape index (κ3) is 4.20. The molecule has 3 aliphatic carbocycles. The van der Waals surface area contributed by atoms with Crippen LogP contribution in [0.5, 0.6) is 0 Å². The summed E-state index contributed by atoms with van der Waals surface area (Å²) >= 11 is 0. The Kier molecular flexibility index (Phi) is 7.43. The fourth-order valence-electron chi connectivity index (χ4n) is 3.97. The molecule has 2 aromatic carbocycles. The molecule has 5 rings (SSSR count). The molecule has 0 spiro atoms. The first-order valence-corrected chi connectivity index (χ1v) is 8.68. The average Bonchev–Trinajstić information content (AvgIpc) is 3.25. The second kappa shape index (κ2) is 9.17. The smallest absolute Gasteiger partial charge is 0 e. The third-order valence-corrected chi connectivity index (χ3v) is 5.32. The third-order valence-electron chi connectivity index (χ3n) is 5.32. The summed E-state index contributed by atoms with van der Waals surface area (Å²) < 4.78 is 0. The predicted molar refractivity (Wildman–Crippen MR) is 116 cm³/mol. The van der Waals surface area contributed by atoms with Crippen LogP contribution in [0.15, 0.2) is 83.5 Å². The van der Waals surface area contributed by atoms with E-state index in [2.05, 4.69) is 78.9 Å². The Morgan fingerprint density at radius 2 is 1.37 bits per heavy atom. The van der Waals surface area contributed by atoms with Gasteiger partial charge in [-0.3, -0.25) is 0 Å². The van der Waals surface area contributed by atoms with E-state index >= 15 is 0 Å². The number of hydrogen-bond acceptors (Lipinski definition) is 0. The zero-order chi connectivity index (χ0) is 15.9. The molecule has 0 saturated heterocycles. The number of halogens is 2. The molecule has 0 atom stereocenters. The molecule has 2 aromatic rings. The van der Waals surface area contributed by atoms with Crippen molar-refractivity contribution in [3.63, 3.8) is 0 Å². The number of hydrogen-bond donors (Lipinski definition) is 0. The van der Waals surface area contributed by atoms with Gasteiger partial charge in [0.2, 0.25) is 0 Å². The van der Waals surface area contributed by atoms with E-state index in [4.69, 9.17) is 0 Å². The zero-order valence-electron chi connectivity index (χ0n) is 14.9. The van der Waals surface area contributed by atoms with Gasteiger partial charge < -0.3 is 0 Å². The fraction of sp³-hybridized carbons (Fsp3) is 0.125. The summed E-state index contributed by atoms with van der Waals surface area (Å²) in [6.07, 6.45) is 14.9. The van der Waals surface area contributed by atoms with Crippen molar-refractivity contribution < 1.29 is 21.7 Å². The molecule has 3 heteroatoms. The van der Waals surface area contributed by atoms with E-state index < -0.39 is 0 Å². The summed E-state index contributed by atoms with van der Waals surface area (Å²) in [6.45, 7) is 0. The molecule has 0 bridgehead atoms. The van der Waals surface area contributed by atoms with Crippen molar-refractivity contribution in [1.29, 1.82) is 0 Å². The first-order chi connectivity index (χ1) is 11.9. The molecule has 0 heterocycles. The van der Waals surface area contributed by atoms with Crippen LogP contribution in [0.25, 0.3) is 12.2 Å². The molecule has 0 N–H and O–H groups in total. The van der Waals surface area contributed by atoms with Crippen LogP contribution in [0.3, 0.4) is 0 Å². The molecular formula is C24H21Cl2Ti-. The molecule has 0 saturated carbocycles. The first kappa shape index (κ1) is 21.9. The van der Waals surface area contributed by atoms with Gasteiger partial charge in [0.25, 0.3) is 0 Å². The van der Waals surface area contributed by atoms with Crippen molar-refractivity contribution in [2.24, 2.45) is 0 Å². The summed E-state index contributed by atoms with van der Waals surface area (Å²) in [5, 5.41) is 0. The van der Waals surface area contributed by atoms with Gasteiger partial charge in [-0.2, -0.15) is 12.2 Å². The molecule has 0 aromatic heterocycles. The molecule has 3 aliphatic rings. The second-order valence-electron chi connectivity index (χ2n) is 6.81. The molecule has 136 valence electrons. The quantitative estimate of drug-likeness (QED) is 0.375. The Labute approximate surface area is 188 Å². The Morgan fingerprint density at radius 3 is 1.96 bits per heavy atom. The van der Waals surface area contributed by atoms with Crippen LogP contribution in [-0.2, 0) is 34.6 Å². The van der Waals surface area contributed by atoms with E-state index in [1.807, 2.05) is 0 Å². The van der Waals surface area contributed by atoms with Crippen molar-refractivity contribution in [3.8, 4) is 0 Å². The monoisotopic (exact) mass is 427 g/mol. The summed E-state index contributed by atoms with van der Waals surface area (Å²) in [5.74, 6) is 1.46. The topological polar surface area (TPSA) is 0 Å². The number of fused-ring (bicyclic) bond motifs is 2. The zero-order valence-corrected chi connectivity index (χ0v) is 18.1. The van der Waals surface area contributed by atoms with E-state index in [9.17, 15) is 0 Å². The standard InChI is InChI=1S/C24H19.2ClH.Ti/c1-2-6-20-14-23(13-19(20)5-1)17-9-11-18(12-10-17)24-15-21-7-3-4-8-22(21)16-24;;;/h1-11,13,15H,12,14,16H2;2*1H;/q-1;;;. The van der Waals surface area contributed by atoms with Crippen LogP contribution < -0.4 is 0 Å². The van der Waals surface area contributed by atoms with Crippen LogP contribution >= 0.6 is 24.8 Å². The van der Waals surface area contributed by atoms with E-state index in [1.165, 1.54) is 44.9 Å². The van der Waals surface area contributed by atoms with Crippen molar-refractivity contribution in [2.45, 2.75) is 19.3 Å². The number of rotatable bonds is 2. The van der Waals surface area contributed by atoms with Crippen molar-refractivity contribution in [3.05, 3.63) is 112 Å². The normalized spacial score (nSPS) is 16.0. The number of allylic oxidation sites excluding steroid dienone is 6. The molecule has 0 radical (unpaired) electrons. The van der Waals surface area contributed by atoms with E-state index in [-0.39, 0.29) is 46.5 Å². The molecule has 0 aliphatic heterocycles. The van der Waals surface area contributed by atoms with E-state index in [0.717, 1.165) is 19.3 Å². The van der Waals surface area contributed by atoms with Gasteiger partial charge in [-0.25, -0.2) is 0 Å². The van der Waals surface area contributed by atoms with Crippen LogP contribution in [0.4, 0.5) is 0 Å². The largest absolute Gasteiger partial charge is 0.167 e. The Balaban J connectivity index is 0.000000871. The summed E-state index contributed by atoms with van der Waals surface area (Å²) in [7, 11) is 0. The first-order valence-electron chi connectivity index (χ1n) is 8.68. The van der Waals surface area contributed by atoms with Gasteiger partial charge in [0.15, 0.2) is 0 Å². The number of benzene rings is 2. The maximum atomic E-state index is 2.40. The van der Waals surface area contributed by atoms with E-state index in [0.29, 0.717) is 0 Å². The molecule has 0 amide bonds. The van der Waals surface area contributed by atoms with Crippen LogP contribution in [0, 0.1) is 5.92 Å². The molecule has 0 nitrogen and oxygen atoms in total. The van der Waals surface area contributed by atoms with Gasteiger partial charge >= 0.3 is 0 Å². The van der Waals surface area contributed by atoms with Gasteiger partial charge in [0.05, 0.1) is 0 Å². The maximum absolute atomic E-state index is 2.40. The average molecular weight is 428 g/mol. The van der Waals surface area contributed by atoms with Crippen molar-refractivity contribution in [2.75, 3.05) is 0 Å². The van der Waals surface area contributed by atoms with E-state index in [1.54, 1.807) is 0 Å². The van der Waals surface area contributed by atoms with Crippen molar-refractivity contribution >= 4 is 37.0 Å². The summed E-state index contributed by atoms with van der Waals surface area (Å²) in [5.41, 5.74) is 10.00. The Bertz CT molecular complexity index is 950. The predicted octanol–water partition coefficient (Wildman–Crippen LogP) is 6.57. The van der Waals surface area contributed by atoms with Gasteiger partial charge in [0.1, 0.15) is 0 Å².